The molecule has 0 aromatic rings. The summed E-state index contributed by atoms with van der Waals surface area (Å²) in [5.74, 6) is 0.315. The lowest BCUT2D eigenvalue weighted by Crippen LogP contribution is -2.50. The largest absolute Gasteiger partial charge is 0.342 e. The molecule has 0 aromatic carbocycles. The molecule has 21 heavy (non-hydrogen) atoms. The van der Waals surface area contributed by atoms with Gasteiger partial charge in [0.25, 0.3) is 0 Å². The molecule has 1 aliphatic carbocycles. The number of rotatable bonds is 4. The van der Waals surface area contributed by atoms with E-state index in [9.17, 15) is 4.79 Å². The van der Waals surface area contributed by atoms with Crippen molar-refractivity contribution in [1.29, 1.82) is 0 Å². The summed E-state index contributed by atoms with van der Waals surface area (Å²) in [4.78, 5) is 16.9. The second kappa shape index (κ2) is 6.66. The molecule has 1 N–H and O–H groups in total. The van der Waals surface area contributed by atoms with Crippen molar-refractivity contribution in [2.45, 2.75) is 82.0 Å². The molecule has 4 heteroatoms. The molecule has 3 aliphatic rings. The van der Waals surface area contributed by atoms with Crippen LogP contribution in [0.2, 0.25) is 0 Å². The Morgan fingerprint density at radius 3 is 2.19 bits per heavy atom. The molecular formula is C17H31N3O. The third-order valence-electron chi connectivity index (χ3n) is 5.97. The summed E-state index contributed by atoms with van der Waals surface area (Å²) in [6, 6.07) is 2.47. The van der Waals surface area contributed by atoms with Crippen LogP contribution in [-0.2, 0) is 4.79 Å². The number of fused-ring (bicyclic) bond motifs is 2. The van der Waals surface area contributed by atoms with E-state index in [4.69, 9.17) is 0 Å². The van der Waals surface area contributed by atoms with Crippen LogP contribution in [0.25, 0.3) is 0 Å². The second-order valence-corrected chi connectivity index (χ2v) is 7.47. The van der Waals surface area contributed by atoms with Gasteiger partial charge in [0.2, 0.25) is 5.91 Å². The molecule has 2 bridgehead atoms. The van der Waals surface area contributed by atoms with Gasteiger partial charge in [-0.05, 0) is 45.6 Å². The van der Waals surface area contributed by atoms with Crippen LogP contribution in [0.5, 0.6) is 0 Å². The predicted octanol–water partition coefficient (Wildman–Crippen LogP) is 1.99. The first kappa shape index (κ1) is 15.3. The zero-order valence-corrected chi connectivity index (χ0v) is 13.7. The molecule has 1 amide bonds. The number of nitrogens with one attached hydrogen (secondary N) is 1. The van der Waals surface area contributed by atoms with Crippen LogP contribution in [0.15, 0.2) is 0 Å². The SMILES string of the molecule is CN(CC(=O)N(C)C1CCCCC1)C1CC2CCC(C1)N2. The van der Waals surface area contributed by atoms with Gasteiger partial charge in [0.1, 0.15) is 0 Å². The number of likely N-dealkylation sites (N-methyl/N-ethyl adjacent to an activating group) is 2. The number of piperidine rings is 1. The van der Waals surface area contributed by atoms with Gasteiger partial charge in [-0.2, -0.15) is 0 Å². The fourth-order valence-electron chi connectivity index (χ4n) is 4.51. The minimum Gasteiger partial charge on any atom is -0.342 e. The van der Waals surface area contributed by atoms with Crippen molar-refractivity contribution < 1.29 is 4.79 Å². The molecule has 0 aromatic heterocycles. The van der Waals surface area contributed by atoms with E-state index in [1.54, 1.807) is 0 Å². The second-order valence-electron chi connectivity index (χ2n) is 7.47. The molecule has 3 rings (SSSR count). The minimum atomic E-state index is 0.315. The number of carbonyl (C=O) groups excluding carboxylic acids is 1. The lowest BCUT2D eigenvalue weighted by atomic mass is 9.94. The molecule has 2 atom stereocenters. The highest BCUT2D eigenvalue weighted by Gasteiger charge is 2.35. The quantitative estimate of drug-likeness (QED) is 0.861. The Morgan fingerprint density at radius 2 is 1.57 bits per heavy atom. The molecule has 0 radical (unpaired) electrons. The molecular weight excluding hydrogens is 262 g/mol. The van der Waals surface area contributed by atoms with Gasteiger partial charge in [-0.25, -0.2) is 0 Å². The van der Waals surface area contributed by atoms with Gasteiger partial charge in [0.15, 0.2) is 0 Å². The molecule has 2 aliphatic heterocycles. The maximum Gasteiger partial charge on any atom is 0.236 e. The Bertz CT molecular complexity index is 355. The van der Waals surface area contributed by atoms with Crippen molar-refractivity contribution in [3.63, 3.8) is 0 Å². The van der Waals surface area contributed by atoms with Gasteiger partial charge >= 0.3 is 0 Å². The van der Waals surface area contributed by atoms with E-state index in [2.05, 4.69) is 17.3 Å². The van der Waals surface area contributed by atoms with Gasteiger partial charge in [0, 0.05) is 31.2 Å². The highest BCUT2D eigenvalue weighted by atomic mass is 16.2. The molecule has 1 saturated carbocycles. The van der Waals surface area contributed by atoms with Gasteiger partial charge < -0.3 is 10.2 Å². The van der Waals surface area contributed by atoms with Crippen molar-refractivity contribution in [2.24, 2.45) is 0 Å². The number of carbonyl (C=O) groups is 1. The fraction of sp³-hybridized carbons (Fsp3) is 0.941. The van der Waals surface area contributed by atoms with E-state index < -0.39 is 0 Å². The zero-order valence-electron chi connectivity index (χ0n) is 13.7. The van der Waals surface area contributed by atoms with E-state index >= 15 is 0 Å². The molecule has 3 fully saturated rings. The number of nitrogens with zero attached hydrogens (tertiary/aromatic N) is 2. The molecule has 120 valence electrons. The number of hydrogen-bond acceptors (Lipinski definition) is 3. The maximum absolute atomic E-state index is 12.5. The third kappa shape index (κ3) is 3.59. The van der Waals surface area contributed by atoms with Gasteiger partial charge in [-0.1, -0.05) is 19.3 Å². The predicted molar refractivity (Wildman–Crippen MR) is 85.2 cm³/mol. The average molecular weight is 293 g/mol. The lowest BCUT2D eigenvalue weighted by Gasteiger charge is -2.37. The van der Waals surface area contributed by atoms with Crippen molar-refractivity contribution in [2.75, 3.05) is 20.6 Å². The van der Waals surface area contributed by atoms with Crippen LogP contribution in [0.3, 0.4) is 0 Å². The standard InChI is InChI=1S/C17H31N3O/c1-19(16-10-13-8-9-14(11-16)18-13)12-17(21)20(2)15-6-4-3-5-7-15/h13-16,18H,3-12H2,1-2H3. The van der Waals surface area contributed by atoms with Gasteiger partial charge in [-0.3, -0.25) is 9.69 Å². The number of hydrogen-bond donors (Lipinski definition) is 1. The van der Waals surface area contributed by atoms with Crippen molar-refractivity contribution in [3.05, 3.63) is 0 Å². The number of amides is 1. The van der Waals surface area contributed by atoms with Crippen LogP contribution < -0.4 is 5.32 Å². The molecule has 2 saturated heterocycles. The molecule has 2 heterocycles. The normalized spacial score (nSPS) is 33.4. The zero-order chi connectivity index (χ0) is 14.8. The Hall–Kier alpha value is -0.610. The van der Waals surface area contributed by atoms with Crippen molar-refractivity contribution >= 4 is 5.91 Å². The van der Waals surface area contributed by atoms with E-state index in [0.29, 0.717) is 36.6 Å². The van der Waals surface area contributed by atoms with Crippen LogP contribution >= 0.6 is 0 Å². The van der Waals surface area contributed by atoms with Gasteiger partial charge in [-0.15, -0.1) is 0 Å². The van der Waals surface area contributed by atoms with Gasteiger partial charge in [0.05, 0.1) is 6.54 Å². The van der Waals surface area contributed by atoms with Crippen molar-refractivity contribution in [3.8, 4) is 0 Å². The smallest absolute Gasteiger partial charge is 0.236 e. The molecule has 4 nitrogen and oxygen atoms in total. The van der Waals surface area contributed by atoms with Crippen molar-refractivity contribution in [1.82, 2.24) is 15.1 Å². The van der Waals surface area contributed by atoms with Crippen LogP contribution in [0.1, 0.15) is 57.8 Å². The summed E-state index contributed by atoms with van der Waals surface area (Å²) in [5, 5.41) is 3.68. The van der Waals surface area contributed by atoms with Crippen LogP contribution in [0.4, 0.5) is 0 Å². The van der Waals surface area contributed by atoms with E-state index in [-0.39, 0.29) is 0 Å². The first-order chi connectivity index (χ1) is 10.1. The topological polar surface area (TPSA) is 35.6 Å². The Morgan fingerprint density at radius 1 is 0.952 bits per heavy atom. The summed E-state index contributed by atoms with van der Waals surface area (Å²) in [7, 11) is 4.15. The minimum absolute atomic E-state index is 0.315. The van der Waals surface area contributed by atoms with Crippen LogP contribution in [0, 0.1) is 0 Å². The molecule has 2 unspecified atom stereocenters. The van der Waals surface area contributed by atoms with E-state index in [1.165, 1.54) is 57.8 Å². The summed E-state index contributed by atoms with van der Waals surface area (Å²) in [6.45, 7) is 0.594. The average Bonchev–Trinajstić information content (AvgIpc) is 2.85. The highest BCUT2D eigenvalue weighted by molar-refractivity contribution is 5.78. The maximum atomic E-state index is 12.5. The fourth-order valence-corrected chi connectivity index (χ4v) is 4.51. The summed E-state index contributed by atoms with van der Waals surface area (Å²) in [5.41, 5.74) is 0. The summed E-state index contributed by atoms with van der Waals surface area (Å²) < 4.78 is 0. The monoisotopic (exact) mass is 293 g/mol. The Labute approximate surface area is 129 Å². The Balaban J connectivity index is 1.49. The summed E-state index contributed by atoms with van der Waals surface area (Å²) >= 11 is 0. The van der Waals surface area contributed by atoms with Crippen LogP contribution in [-0.4, -0.2) is 60.5 Å². The lowest BCUT2D eigenvalue weighted by molar-refractivity contribution is -0.134. The third-order valence-corrected chi connectivity index (χ3v) is 5.97. The van der Waals surface area contributed by atoms with E-state index in [1.807, 2.05) is 11.9 Å². The summed E-state index contributed by atoms with van der Waals surface area (Å²) in [6.07, 6.45) is 11.4. The first-order valence-corrected chi connectivity index (χ1v) is 8.85. The first-order valence-electron chi connectivity index (χ1n) is 8.85. The van der Waals surface area contributed by atoms with E-state index in [0.717, 1.165) is 0 Å². The Kier molecular flexibility index (Phi) is 4.85. The highest BCUT2D eigenvalue weighted by Crippen LogP contribution is 2.29. The molecule has 0 spiro atoms.